The molecule has 0 radical (unpaired) electrons. The SMILES string of the molecule is CCCCC[C@@H]1CCCCC[C@@H](O[Si](CC)(CC)CC)CC(=O)CCCC(=O)O1. The molecule has 1 fully saturated rings. The quantitative estimate of drug-likeness (QED) is 0.227. The van der Waals surface area contributed by atoms with Gasteiger partial charge in [0, 0.05) is 19.3 Å². The van der Waals surface area contributed by atoms with Crippen LogP contribution < -0.4 is 0 Å². The number of ketones is 1. The largest absolute Gasteiger partial charge is 0.462 e. The molecule has 0 aromatic rings. The van der Waals surface area contributed by atoms with E-state index in [9.17, 15) is 9.59 Å². The molecule has 1 heterocycles. The van der Waals surface area contributed by atoms with Crippen LogP contribution >= 0.6 is 0 Å². The summed E-state index contributed by atoms with van der Waals surface area (Å²) >= 11 is 0. The minimum absolute atomic E-state index is 0.0556. The highest BCUT2D eigenvalue weighted by atomic mass is 28.4. The fraction of sp³-hybridized carbons (Fsp3) is 0.917. The van der Waals surface area contributed by atoms with Crippen molar-refractivity contribution >= 4 is 20.1 Å². The van der Waals surface area contributed by atoms with Gasteiger partial charge in [-0.05, 0) is 56.7 Å². The van der Waals surface area contributed by atoms with Crippen LogP contribution in [0.2, 0.25) is 18.1 Å². The molecule has 0 bridgehead atoms. The van der Waals surface area contributed by atoms with Gasteiger partial charge in [-0.25, -0.2) is 0 Å². The summed E-state index contributed by atoms with van der Waals surface area (Å²) in [4.78, 5) is 24.8. The highest BCUT2D eigenvalue weighted by Crippen LogP contribution is 2.27. The molecule has 0 aliphatic carbocycles. The van der Waals surface area contributed by atoms with Gasteiger partial charge in [0.15, 0.2) is 8.32 Å². The molecule has 2 atom stereocenters. The molecular weight excluding hydrogens is 380 g/mol. The van der Waals surface area contributed by atoms with E-state index >= 15 is 0 Å². The van der Waals surface area contributed by atoms with E-state index in [1.165, 1.54) is 12.8 Å². The fourth-order valence-electron chi connectivity index (χ4n) is 4.39. The van der Waals surface area contributed by atoms with Gasteiger partial charge in [0.05, 0.1) is 6.10 Å². The molecule has 1 saturated heterocycles. The van der Waals surface area contributed by atoms with E-state index in [0.29, 0.717) is 25.7 Å². The summed E-state index contributed by atoms with van der Waals surface area (Å²) in [5.74, 6) is 0.115. The van der Waals surface area contributed by atoms with Crippen LogP contribution in [0.25, 0.3) is 0 Å². The second-order valence-corrected chi connectivity index (χ2v) is 13.5. The number of carbonyl (C=O) groups is 2. The van der Waals surface area contributed by atoms with Gasteiger partial charge in [0.1, 0.15) is 11.9 Å². The molecule has 0 unspecified atom stereocenters. The van der Waals surface area contributed by atoms with Crippen molar-refractivity contribution in [1.82, 2.24) is 0 Å². The minimum Gasteiger partial charge on any atom is -0.462 e. The van der Waals surface area contributed by atoms with Crippen molar-refractivity contribution < 1.29 is 18.8 Å². The third-order valence-corrected chi connectivity index (χ3v) is 11.3. The number of hydrogen-bond donors (Lipinski definition) is 0. The first-order valence-electron chi connectivity index (χ1n) is 12.4. The molecule has 29 heavy (non-hydrogen) atoms. The fourth-order valence-corrected chi connectivity index (χ4v) is 7.30. The summed E-state index contributed by atoms with van der Waals surface area (Å²) in [5.41, 5.74) is 0. The molecule has 0 amide bonds. The van der Waals surface area contributed by atoms with Crippen molar-refractivity contribution in [3.05, 3.63) is 0 Å². The van der Waals surface area contributed by atoms with E-state index in [1.54, 1.807) is 0 Å². The number of cyclic esters (lactones) is 1. The van der Waals surface area contributed by atoms with Crippen LogP contribution in [0, 0.1) is 0 Å². The van der Waals surface area contributed by atoms with Gasteiger partial charge in [-0.15, -0.1) is 0 Å². The Hall–Kier alpha value is -0.683. The van der Waals surface area contributed by atoms with E-state index in [1.807, 2.05) is 0 Å². The van der Waals surface area contributed by atoms with E-state index in [4.69, 9.17) is 9.16 Å². The van der Waals surface area contributed by atoms with Crippen LogP contribution in [0.5, 0.6) is 0 Å². The molecule has 1 aliphatic heterocycles. The Kier molecular flexibility index (Phi) is 13.8. The molecule has 0 N–H and O–H groups in total. The number of ether oxygens (including phenoxy) is 1. The van der Waals surface area contributed by atoms with Crippen molar-refractivity contribution in [2.24, 2.45) is 0 Å². The first-order chi connectivity index (χ1) is 14.0. The third-order valence-electron chi connectivity index (χ3n) is 6.62. The molecular formula is C24H46O4Si. The van der Waals surface area contributed by atoms with Crippen LogP contribution in [0.4, 0.5) is 0 Å². The van der Waals surface area contributed by atoms with E-state index in [-0.39, 0.29) is 24.0 Å². The Labute approximate surface area is 180 Å². The summed E-state index contributed by atoms with van der Waals surface area (Å²) in [6.45, 7) is 8.93. The standard InChI is InChI=1S/C24H46O4Si/c1-5-9-11-16-22-17-12-10-13-18-23(28-29(6-2,7-3)8-4)20-21(25)15-14-19-24(26)27-22/h22-23H,5-20H2,1-4H3/t22-,23-/m1/s1. The average molecular weight is 427 g/mol. The lowest BCUT2D eigenvalue weighted by Crippen LogP contribution is -2.40. The van der Waals surface area contributed by atoms with Gasteiger partial charge in [-0.3, -0.25) is 9.59 Å². The summed E-state index contributed by atoms with van der Waals surface area (Å²) in [6.07, 6.45) is 11.8. The van der Waals surface area contributed by atoms with Gasteiger partial charge in [-0.1, -0.05) is 53.4 Å². The van der Waals surface area contributed by atoms with Gasteiger partial charge in [-0.2, -0.15) is 0 Å². The van der Waals surface area contributed by atoms with Crippen molar-refractivity contribution in [1.29, 1.82) is 0 Å². The molecule has 4 nitrogen and oxygen atoms in total. The highest BCUT2D eigenvalue weighted by molar-refractivity contribution is 6.73. The van der Waals surface area contributed by atoms with Crippen molar-refractivity contribution in [3.63, 3.8) is 0 Å². The zero-order valence-corrected chi connectivity index (χ0v) is 20.6. The molecule has 170 valence electrons. The highest BCUT2D eigenvalue weighted by Gasteiger charge is 2.32. The van der Waals surface area contributed by atoms with Crippen LogP contribution in [-0.4, -0.2) is 32.3 Å². The topological polar surface area (TPSA) is 52.6 Å². The molecule has 0 aromatic heterocycles. The maximum Gasteiger partial charge on any atom is 0.306 e. The van der Waals surface area contributed by atoms with Crippen molar-refractivity contribution in [2.75, 3.05) is 0 Å². The van der Waals surface area contributed by atoms with Gasteiger partial charge >= 0.3 is 5.97 Å². The summed E-state index contributed by atoms with van der Waals surface area (Å²) in [6, 6.07) is 3.36. The van der Waals surface area contributed by atoms with E-state index in [2.05, 4.69) is 27.7 Å². The third kappa shape index (κ3) is 10.8. The Morgan fingerprint density at radius 1 is 0.897 bits per heavy atom. The smallest absolute Gasteiger partial charge is 0.306 e. The zero-order chi connectivity index (χ0) is 21.5. The van der Waals surface area contributed by atoms with Crippen LogP contribution in [-0.2, 0) is 18.8 Å². The summed E-state index contributed by atoms with van der Waals surface area (Å²) < 4.78 is 12.4. The second-order valence-electron chi connectivity index (χ2n) is 8.83. The Balaban J connectivity index is 2.70. The maximum atomic E-state index is 12.5. The van der Waals surface area contributed by atoms with E-state index < -0.39 is 8.32 Å². The van der Waals surface area contributed by atoms with Crippen LogP contribution in [0.3, 0.4) is 0 Å². The predicted octanol–water partition coefficient (Wildman–Crippen LogP) is 6.96. The van der Waals surface area contributed by atoms with Gasteiger partial charge in [0.25, 0.3) is 0 Å². The van der Waals surface area contributed by atoms with E-state index in [0.717, 1.165) is 63.1 Å². The Morgan fingerprint density at radius 2 is 1.59 bits per heavy atom. The molecule has 0 aromatic carbocycles. The first kappa shape index (κ1) is 26.4. The zero-order valence-electron chi connectivity index (χ0n) is 19.6. The van der Waals surface area contributed by atoms with Gasteiger partial charge < -0.3 is 9.16 Å². The van der Waals surface area contributed by atoms with Crippen molar-refractivity contribution in [3.8, 4) is 0 Å². The molecule has 0 saturated carbocycles. The second kappa shape index (κ2) is 15.2. The molecule has 0 spiro atoms. The number of esters is 1. The number of unbranched alkanes of at least 4 members (excludes halogenated alkanes) is 2. The molecule has 1 rings (SSSR count). The molecule has 1 aliphatic rings. The maximum absolute atomic E-state index is 12.5. The number of Topliss-reactive ketones (excluding diaryl/α,β-unsaturated/α-hetero) is 1. The normalized spacial score (nSPS) is 23.4. The monoisotopic (exact) mass is 426 g/mol. The lowest BCUT2D eigenvalue weighted by molar-refractivity contribution is -0.150. The first-order valence-corrected chi connectivity index (χ1v) is 14.9. The van der Waals surface area contributed by atoms with Crippen molar-refractivity contribution in [2.45, 2.75) is 142 Å². The summed E-state index contributed by atoms with van der Waals surface area (Å²) in [5, 5.41) is 0. The van der Waals surface area contributed by atoms with Gasteiger partial charge in [0.2, 0.25) is 0 Å². The molecule has 5 heteroatoms. The van der Waals surface area contributed by atoms with Crippen LogP contribution in [0.15, 0.2) is 0 Å². The number of hydrogen-bond acceptors (Lipinski definition) is 4. The lowest BCUT2D eigenvalue weighted by Gasteiger charge is -2.33. The lowest BCUT2D eigenvalue weighted by atomic mass is 10.00. The predicted molar refractivity (Wildman–Crippen MR) is 123 cm³/mol. The Bertz CT molecular complexity index is 454. The van der Waals surface area contributed by atoms with Crippen LogP contribution in [0.1, 0.15) is 111 Å². The number of rotatable bonds is 9. The average Bonchev–Trinajstić information content (AvgIpc) is 2.71. The summed E-state index contributed by atoms with van der Waals surface area (Å²) in [7, 11) is -1.71. The Morgan fingerprint density at radius 3 is 2.24 bits per heavy atom. The minimum atomic E-state index is -1.71. The number of carbonyl (C=O) groups excluding carboxylic acids is 2.